The predicted molar refractivity (Wildman–Crippen MR) is 78.5 cm³/mol. The molecule has 20 heavy (non-hydrogen) atoms. The number of halogens is 1. The topological polar surface area (TPSA) is 20.3 Å². The van der Waals surface area contributed by atoms with Crippen LogP contribution in [0.15, 0.2) is 41.8 Å². The fraction of sp³-hybridized carbons (Fsp3) is 0.312. The zero-order valence-electron chi connectivity index (χ0n) is 11.1. The van der Waals surface area contributed by atoms with Crippen LogP contribution in [0.4, 0.5) is 4.39 Å². The van der Waals surface area contributed by atoms with Gasteiger partial charge in [-0.15, -0.1) is 11.3 Å². The van der Waals surface area contributed by atoms with Crippen molar-refractivity contribution in [3.05, 3.63) is 58.0 Å². The van der Waals surface area contributed by atoms with Gasteiger partial charge in [0.15, 0.2) is 0 Å². The number of thiophene rings is 1. The highest BCUT2D eigenvalue weighted by Gasteiger charge is 2.32. The Morgan fingerprint density at radius 1 is 1.25 bits per heavy atom. The van der Waals surface area contributed by atoms with Crippen molar-refractivity contribution in [2.75, 3.05) is 6.54 Å². The minimum atomic E-state index is -0.307. The summed E-state index contributed by atoms with van der Waals surface area (Å²) in [5.41, 5.74) is 0.574. The van der Waals surface area contributed by atoms with Gasteiger partial charge in [-0.2, -0.15) is 0 Å². The van der Waals surface area contributed by atoms with Gasteiger partial charge in [-0.25, -0.2) is 4.39 Å². The first kappa shape index (κ1) is 13.3. The minimum absolute atomic E-state index is 0.0176. The van der Waals surface area contributed by atoms with Crippen molar-refractivity contribution in [2.45, 2.75) is 25.3 Å². The van der Waals surface area contributed by atoms with Crippen LogP contribution < -0.4 is 0 Å². The molecule has 0 N–H and O–H groups in total. The Balaban J connectivity index is 1.69. The summed E-state index contributed by atoms with van der Waals surface area (Å²) in [6.07, 6.45) is 3.05. The van der Waals surface area contributed by atoms with Crippen molar-refractivity contribution in [1.82, 2.24) is 4.90 Å². The standard InChI is InChI=1S/C16H16FNOS/c17-13-5-3-12(4-6-13)16(19)18(14-7-8-14)10-9-15-2-1-11-20-15/h1-6,11,14H,7-10H2. The summed E-state index contributed by atoms with van der Waals surface area (Å²) in [7, 11) is 0. The number of nitrogens with zero attached hydrogens (tertiary/aromatic N) is 1. The number of hydrogen-bond acceptors (Lipinski definition) is 2. The lowest BCUT2D eigenvalue weighted by atomic mass is 10.2. The molecule has 1 aromatic carbocycles. The Morgan fingerprint density at radius 2 is 2.00 bits per heavy atom. The van der Waals surface area contributed by atoms with Crippen LogP contribution in [0.1, 0.15) is 28.1 Å². The summed E-state index contributed by atoms with van der Waals surface area (Å²) < 4.78 is 12.9. The second kappa shape index (κ2) is 5.75. The van der Waals surface area contributed by atoms with Gasteiger partial charge in [-0.05, 0) is 55.0 Å². The number of rotatable bonds is 5. The Morgan fingerprint density at radius 3 is 2.60 bits per heavy atom. The van der Waals surface area contributed by atoms with Crippen LogP contribution >= 0.6 is 11.3 Å². The summed E-state index contributed by atoms with van der Waals surface area (Å²) in [6.45, 7) is 0.737. The monoisotopic (exact) mass is 289 g/mol. The van der Waals surface area contributed by atoms with Crippen LogP contribution in [0.25, 0.3) is 0 Å². The minimum Gasteiger partial charge on any atom is -0.335 e. The van der Waals surface area contributed by atoms with E-state index in [0.717, 1.165) is 25.8 Å². The molecule has 0 bridgehead atoms. The van der Waals surface area contributed by atoms with Gasteiger partial charge >= 0.3 is 0 Å². The van der Waals surface area contributed by atoms with E-state index in [-0.39, 0.29) is 11.7 Å². The largest absolute Gasteiger partial charge is 0.335 e. The number of amides is 1. The molecule has 0 unspecified atom stereocenters. The van der Waals surface area contributed by atoms with Crippen molar-refractivity contribution >= 4 is 17.2 Å². The third kappa shape index (κ3) is 3.07. The lowest BCUT2D eigenvalue weighted by Crippen LogP contribution is -2.34. The van der Waals surface area contributed by atoms with Crippen molar-refractivity contribution in [1.29, 1.82) is 0 Å². The molecule has 0 spiro atoms. The van der Waals surface area contributed by atoms with Crippen LogP contribution in [-0.4, -0.2) is 23.4 Å². The SMILES string of the molecule is O=C(c1ccc(F)cc1)N(CCc1cccs1)C1CC1. The summed E-state index contributed by atoms with van der Waals surface area (Å²) in [5.74, 6) is -0.290. The fourth-order valence-corrected chi connectivity index (χ4v) is 2.98. The van der Waals surface area contributed by atoms with E-state index in [2.05, 4.69) is 11.4 Å². The van der Waals surface area contributed by atoms with Gasteiger partial charge in [0.05, 0.1) is 0 Å². The Kier molecular flexibility index (Phi) is 3.83. The molecule has 1 heterocycles. The molecule has 0 radical (unpaired) electrons. The molecule has 1 fully saturated rings. The van der Waals surface area contributed by atoms with Crippen LogP contribution in [0.3, 0.4) is 0 Å². The van der Waals surface area contributed by atoms with Gasteiger partial charge < -0.3 is 4.90 Å². The highest BCUT2D eigenvalue weighted by molar-refractivity contribution is 7.09. The first-order valence-corrected chi connectivity index (χ1v) is 7.71. The number of carbonyl (C=O) groups excluding carboxylic acids is 1. The molecule has 1 aromatic heterocycles. The van der Waals surface area contributed by atoms with E-state index in [1.54, 1.807) is 23.5 Å². The highest BCUT2D eigenvalue weighted by Crippen LogP contribution is 2.28. The van der Waals surface area contributed by atoms with E-state index >= 15 is 0 Å². The molecule has 1 amide bonds. The van der Waals surface area contributed by atoms with Gasteiger partial charge in [0, 0.05) is 23.0 Å². The summed E-state index contributed by atoms with van der Waals surface area (Å²) in [6, 6.07) is 10.3. The molecule has 2 nitrogen and oxygen atoms in total. The molecule has 1 saturated carbocycles. The third-order valence-electron chi connectivity index (χ3n) is 3.52. The quantitative estimate of drug-likeness (QED) is 0.821. The van der Waals surface area contributed by atoms with Crippen molar-refractivity contribution in [3.63, 3.8) is 0 Å². The third-order valence-corrected chi connectivity index (χ3v) is 4.46. The van der Waals surface area contributed by atoms with Crippen LogP contribution in [0, 0.1) is 5.82 Å². The zero-order chi connectivity index (χ0) is 13.9. The molecule has 0 atom stereocenters. The average molecular weight is 289 g/mol. The van der Waals surface area contributed by atoms with Gasteiger partial charge in [0.25, 0.3) is 5.91 Å². The van der Waals surface area contributed by atoms with Crippen molar-refractivity contribution in [3.8, 4) is 0 Å². The van der Waals surface area contributed by atoms with E-state index in [4.69, 9.17) is 0 Å². The van der Waals surface area contributed by atoms with Crippen molar-refractivity contribution in [2.24, 2.45) is 0 Å². The molecule has 1 aliphatic rings. The van der Waals surface area contributed by atoms with Gasteiger partial charge in [-0.1, -0.05) is 6.07 Å². The Bertz CT molecular complexity index is 575. The van der Waals surface area contributed by atoms with Crippen LogP contribution in [-0.2, 0) is 6.42 Å². The van der Waals surface area contributed by atoms with Crippen LogP contribution in [0.2, 0.25) is 0 Å². The van der Waals surface area contributed by atoms with Gasteiger partial charge in [0.1, 0.15) is 5.82 Å². The van der Waals surface area contributed by atoms with E-state index < -0.39 is 0 Å². The van der Waals surface area contributed by atoms with E-state index in [1.807, 2.05) is 11.0 Å². The summed E-state index contributed by atoms with van der Waals surface area (Å²) >= 11 is 1.72. The molecular formula is C16H16FNOS. The molecule has 2 aromatic rings. The number of carbonyl (C=O) groups is 1. The average Bonchev–Trinajstić information content (AvgIpc) is 3.15. The predicted octanol–water partition coefficient (Wildman–Crippen LogP) is 3.73. The second-order valence-corrected chi connectivity index (χ2v) is 6.10. The first-order valence-electron chi connectivity index (χ1n) is 6.83. The molecule has 1 aliphatic carbocycles. The van der Waals surface area contributed by atoms with Gasteiger partial charge in [0.2, 0.25) is 0 Å². The summed E-state index contributed by atoms with van der Waals surface area (Å²) in [4.78, 5) is 15.7. The second-order valence-electron chi connectivity index (χ2n) is 5.07. The highest BCUT2D eigenvalue weighted by atomic mass is 32.1. The van der Waals surface area contributed by atoms with E-state index in [0.29, 0.717) is 11.6 Å². The lowest BCUT2D eigenvalue weighted by molar-refractivity contribution is 0.0745. The molecule has 104 valence electrons. The smallest absolute Gasteiger partial charge is 0.254 e. The molecule has 0 saturated heterocycles. The molecular weight excluding hydrogens is 273 g/mol. The lowest BCUT2D eigenvalue weighted by Gasteiger charge is -2.22. The number of hydrogen-bond donors (Lipinski definition) is 0. The molecule has 3 rings (SSSR count). The number of benzene rings is 1. The van der Waals surface area contributed by atoms with Gasteiger partial charge in [-0.3, -0.25) is 4.79 Å². The van der Waals surface area contributed by atoms with E-state index in [9.17, 15) is 9.18 Å². The Hall–Kier alpha value is -1.68. The Labute approximate surface area is 121 Å². The van der Waals surface area contributed by atoms with Crippen LogP contribution in [0.5, 0.6) is 0 Å². The fourth-order valence-electron chi connectivity index (χ4n) is 2.28. The van der Waals surface area contributed by atoms with E-state index in [1.165, 1.54) is 17.0 Å². The maximum Gasteiger partial charge on any atom is 0.254 e. The summed E-state index contributed by atoms with van der Waals surface area (Å²) in [5, 5.41) is 2.05. The maximum absolute atomic E-state index is 12.9. The normalized spacial score (nSPS) is 14.2. The van der Waals surface area contributed by atoms with Crippen molar-refractivity contribution < 1.29 is 9.18 Å². The molecule has 4 heteroatoms. The first-order chi connectivity index (χ1) is 9.74. The zero-order valence-corrected chi connectivity index (χ0v) is 11.9. The maximum atomic E-state index is 12.9. The molecule has 0 aliphatic heterocycles.